The number of hydrogen-bond donors (Lipinski definition) is 1. The number of nitrogens with one attached hydrogen (secondary N) is 1. The van der Waals surface area contributed by atoms with Gasteiger partial charge in [-0.05, 0) is 38.1 Å². The molecule has 1 saturated carbocycles. The number of carbonyl (C=O) groups is 1. The van der Waals surface area contributed by atoms with Crippen LogP contribution >= 0.6 is 11.6 Å². The number of benzene rings is 1. The van der Waals surface area contributed by atoms with Crippen molar-refractivity contribution in [2.24, 2.45) is 0 Å². The lowest BCUT2D eigenvalue weighted by atomic mass is 9.94. The van der Waals surface area contributed by atoms with E-state index in [4.69, 9.17) is 16.3 Å². The second-order valence-corrected chi connectivity index (χ2v) is 8.16. The Bertz CT molecular complexity index is 845. The first-order chi connectivity index (χ1) is 13.6. The second-order valence-electron chi connectivity index (χ2n) is 7.73. The first-order valence-corrected chi connectivity index (χ1v) is 10.4. The molecule has 0 atom stereocenters. The molecule has 1 N–H and O–H groups in total. The van der Waals surface area contributed by atoms with Gasteiger partial charge in [0, 0.05) is 35.3 Å². The number of nitrogens with zero attached hydrogens (tertiary/aromatic N) is 3. The fraction of sp³-hybridized carbons (Fsp3) is 0.524. The summed E-state index contributed by atoms with van der Waals surface area (Å²) < 4.78 is 7.50. The number of aromatic nitrogens is 2. The molecule has 1 aromatic heterocycles. The van der Waals surface area contributed by atoms with Crippen LogP contribution < -0.4 is 10.1 Å². The van der Waals surface area contributed by atoms with Crippen LogP contribution in [0.25, 0.3) is 11.3 Å². The summed E-state index contributed by atoms with van der Waals surface area (Å²) in [6, 6.07) is 6.19. The Kier molecular flexibility index (Phi) is 5.87. The van der Waals surface area contributed by atoms with Gasteiger partial charge in [0.15, 0.2) is 0 Å². The van der Waals surface area contributed by atoms with Crippen molar-refractivity contribution in [1.82, 2.24) is 20.0 Å². The van der Waals surface area contributed by atoms with Crippen LogP contribution in [0, 0.1) is 0 Å². The number of fused-ring (bicyclic) bond motifs is 3. The lowest BCUT2D eigenvalue weighted by Gasteiger charge is -2.31. The summed E-state index contributed by atoms with van der Waals surface area (Å²) in [4.78, 5) is 14.9. The molecule has 1 fully saturated rings. The summed E-state index contributed by atoms with van der Waals surface area (Å²) >= 11 is 6.16. The van der Waals surface area contributed by atoms with Crippen LogP contribution in [-0.4, -0.2) is 46.8 Å². The zero-order valence-electron chi connectivity index (χ0n) is 16.3. The maximum Gasteiger partial charge on any atom is 0.241 e. The zero-order chi connectivity index (χ0) is 19.5. The minimum atomic E-state index is -0.0296. The van der Waals surface area contributed by atoms with Gasteiger partial charge in [0.25, 0.3) is 0 Å². The minimum absolute atomic E-state index is 0.0296. The Hall–Kier alpha value is -2.05. The average molecular weight is 403 g/mol. The molecule has 28 heavy (non-hydrogen) atoms. The predicted molar refractivity (Wildman–Crippen MR) is 110 cm³/mol. The van der Waals surface area contributed by atoms with Gasteiger partial charge in [0.05, 0.1) is 11.9 Å². The lowest BCUT2D eigenvalue weighted by molar-refractivity contribution is -0.121. The van der Waals surface area contributed by atoms with Crippen molar-refractivity contribution in [2.45, 2.75) is 51.3 Å². The van der Waals surface area contributed by atoms with E-state index in [1.807, 2.05) is 18.2 Å². The summed E-state index contributed by atoms with van der Waals surface area (Å²) in [5.41, 5.74) is 2.77. The van der Waals surface area contributed by atoms with Gasteiger partial charge in [-0.2, -0.15) is 5.10 Å². The van der Waals surface area contributed by atoms with E-state index in [-0.39, 0.29) is 12.5 Å². The SMILES string of the molecule is CN(CCNC(=O)Cn1ncc2c1-c1cc(Cl)ccc1OC2)C1CCCCC1. The molecule has 0 radical (unpaired) electrons. The Morgan fingerprint density at radius 3 is 3.00 bits per heavy atom. The van der Waals surface area contributed by atoms with Crippen molar-refractivity contribution in [2.75, 3.05) is 20.1 Å². The summed E-state index contributed by atoms with van der Waals surface area (Å²) in [7, 11) is 2.16. The second kappa shape index (κ2) is 8.53. The summed E-state index contributed by atoms with van der Waals surface area (Å²) in [5.74, 6) is 0.742. The summed E-state index contributed by atoms with van der Waals surface area (Å²) in [6.07, 6.45) is 8.31. The molecule has 0 spiro atoms. The van der Waals surface area contributed by atoms with E-state index in [9.17, 15) is 4.79 Å². The van der Waals surface area contributed by atoms with E-state index in [0.29, 0.717) is 24.2 Å². The number of ether oxygens (including phenoxy) is 1. The molecule has 1 aliphatic heterocycles. The van der Waals surface area contributed by atoms with Gasteiger partial charge in [-0.3, -0.25) is 9.48 Å². The third-order valence-corrected chi connectivity index (χ3v) is 6.01. The topological polar surface area (TPSA) is 59.4 Å². The molecule has 1 aromatic carbocycles. The molecular weight excluding hydrogens is 376 g/mol. The minimum Gasteiger partial charge on any atom is -0.488 e. The maximum absolute atomic E-state index is 12.5. The van der Waals surface area contributed by atoms with Gasteiger partial charge in [0.1, 0.15) is 18.9 Å². The smallest absolute Gasteiger partial charge is 0.241 e. The van der Waals surface area contributed by atoms with E-state index in [1.165, 1.54) is 32.1 Å². The Balaban J connectivity index is 1.35. The monoisotopic (exact) mass is 402 g/mol. The first-order valence-electron chi connectivity index (χ1n) is 10.1. The van der Waals surface area contributed by atoms with Crippen LogP contribution in [0.1, 0.15) is 37.7 Å². The lowest BCUT2D eigenvalue weighted by Crippen LogP contribution is -2.40. The first kappa shape index (κ1) is 19.3. The summed E-state index contributed by atoms with van der Waals surface area (Å²) in [5, 5.41) is 8.08. The van der Waals surface area contributed by atoms with Gasteiger partial charge >= 0.3 is 0 Å². The Morgan fingerprint density at radius 2 is 2.18 bits per heavy atom. The number of likely N-dealkylation sites (N-methyl/N-ethyl adjacent to an activating group) is 1. The van der Waals surface area contributed by atoms with Gasteiger partial charge in [-0.15, -0.1) is 0 Å². The van der Waals surface area contributed by atoms with Crippen LogP contribution in [0.2, 0.25) is 5.02 Å². The van der Waals surface area contributed by atoms with E-state index in [2.05, 4.69) is 22.4 Å². The molecule has 0 unspecified atom stereocenters. The number of halogens is 1. The van der Waals surface area contributed by atoms with Crippen molar-refractivity contribution in [3.05, 3.63) is 35.0 Å². The highest BCUT2D eigenvalue weighted by molar-refractivity contribution is 6.31. The highest BCUT2D eigenvalue weighted by atomic mass is 35.5. The number of amides is 1. The van der Waals surface area contributed by atoms with E-state index < -0.39 is 0 Å². The molecule has 7 heteroatoms. The highest BCUT2D eigenvalue weighted by Gasteiger charge is 2.23. The average Bonchev–Trinajstić information content (AvgIpc) is 3.11. The van der Waals surface area contributed by atoms with Gasteiger partial charge in [0.2, 0.25) is 5.91 Å². The van der Waals surface area contributed by atoms with Crippen LogP contribution in [-0.2, 0) is 17.9 Å². The molecular formula is C21H27ClN4O2. The van der Waals surface area contributed by atoms with Gasteiger partial charge < -0.3 is 15.0 Å². The van der Waals surface area contributed by atoms with Crippen LogP contribution in [0.5, 0.6) is 5.75 Å². The number of carbonyl (C=O) groups excluding carboxylic acids is 1. The van der Waals surface area contributed by atoms with Crippen LogP contribution in [0.3, 0.4) is 0 Å². The van der Waals surface area contributed by atoms with E-state index in [0.717, 1.165) is 29.1 Å². The fourth-order valence-corrected chi connectivity index (χ4v) is 4.37. The Labute approximate surface area is 170 Å². The van der Waals surface area contributed by atoms with E-state index in [1.54, 1.807) is 10.9 Å². The molecule has 150 valence electrons. The predicted octanol–water partition coefficient (Wildman–Crippen LogP) is 3.48. The van der Waals surface area contributed by atoms with Crippen molar-refractivity contribution in [3.63, 3.8) is 0 Å². The van der Waals surface area contributed by atoms with Crippen LogP contribution in [0.4, 0.5) is 0 Å². The third-order valence-electron chi connectivity index (χ3n) is 5.77. The normalized spacial score (nSPS) is 16.4. The molecule has 1 aliphatic carbocycles. The van der Waals surface area contributed by atoms with Gasteiger partial charge in [-0.25, -0.2) is 0 Å². The molecule has 6 nitrogen and oxygen atoms in total. The van der Waals surface area contributed by atoms with Crippen molar-refractivity contribution in [1.29, 1.82) is 0 Å². The third kappa shape index (κ3) is 4.18. The van der Waals surface area contributed by atoms with E-state index >= 15 is 0 Å². The molecule has 0 saturated heterocycles. The van der Waals surface area contributed by atoms with Crippen molar-refractivity contribution < 1.29 is 9.53 Å². The molecule has 0 bridgehead atoms. The largest absolute Gasteiger partial charge is 0.488 e. The Morgan fingerprint density at radius 1 is 1.36 bits per heavy atom. The summed E-state index contributed by atoms with van der Waals surface area (Å²) in [6.45, 7) is 2.17. The highest BCUT2D eigenvalue weighted by Crippen LogP contribution is 2.38. The number of rotatable bonds is 6. The van der Waals surface area contributed by atoms with Crippen LogP contribution in [0.15, 0.2) is 24.4 Å². The molecule has 2 aromatic rings. The van der Waals surface area contributed by atoms with Crippen molar-refractivity contribution in [3.8, 4) is 17.0 Å². The standard InChI is InChI=1S/C21H27ClN4O2/c1-25(17-5-3-2-4-6-17)10-9-23-20(27)13-26-21-15(12-24-26)14-28-19-8-7-16(22)11-18(19)21/h7-8,11-12,17H,2-6,9-10,13-14H2,1H3,(H,23,27). The van der Waals surface area contributed by atoms with Gasteiger partial charge in [-0.1, -0.05) is 30.9 Å². The molecule has 2 heterocycles. The zero-order valence-corrected chi connectivity index (χ0v) is 17.0. The quantitative estimate of drug-likeness (QED) is 0.803. The fourth-order valence-electron chi connectivity index (χ4n) is 4.20. The number of hydrogen-bond acceptors (Lipinski definition) is 4. The molecule has 1 amide bonds. The molecule has 2 aliphatic rings. The molecule has 4 rings (SSSR count). The van der Waals surface area contributed by atoms with Crippen molar-refractivity contribution >= 4 is 17.5 Å². The maximum atomic E-state index is 12.5.